The molecule has 0 unspecified atom stereocenters. The van der Waals surface area contributed by atoms with Gasteiger partial charge in [-0.25, -0.2) is 0 Å². The summed E-state index contributed by atoms with van der Waals surface area (Å²) in [5, 5.41) is 0. The van der Waals surface area contributed by atoms with Crippen molar-refractivity contribution >= 4 is 11.8 Å². The number of nitrogens with zero attached hydrogens (tertiary/aromatic N) is 2. The second-order valence-corrected chi connectivity index (χ2v) is 6.40. The van der Waals surface area contributed by atoms with Crippen molar-refractivity contribution in [3.8, 4) is 5.75 Å². The summed E-state index contributed by atoms with van der Waals surface area (Å²) < 4.78 is 5.12. The van der Waals surface area contributed by atoms with Crippen LogP contribution in [0.3, 0.4) is 0 Å². The van der Waals surface area contributed by atoms with Crippen molar-refractivity contribution in [1.82, 2.24) is 9.80 Å². The Morgan fingerprint density at radius 1 is 1.05 bits per heavy atom. The van der Waals surface area contributed by atoms with E-state index in [1.807, 2.05) is 34.1 Å². The first kappa shape index (κ1) is 14.9. The van der Waals surface area contributed by atoms with Crippen LogP contribution in [-0.2, 0) is 4.79 Å². The first-order valence-corrected chi connectivity index (χ1v) is 7.72. The molecule has 1 spiro atoms. The van der Waals surface area contributed by atoms with E-state index in [0.29, 0.717) is 5.56 Å². The van der Waals surface area contributed by atoms with Gasteiger partial charge in [0.1, 0.15) is 5.75 Å². The third-order valence-electron chi connectivity index (χ3n) is 4.95. The zero-order chi connectivity index (χ0) is 15.7. The minimum absolute atomic E-state index is 0.0702. The molecule has 2 amide bonds. The van der Waals surface area contributed by atoms with Gasteiger partial charge in [0.25, 0.3) is 5.91 Å². The van der Waals surface area contributed by atoms with Crippen molar-refractivity contribution in [1.29, 1.82) is 0 Å². The lowest BCUT2D eigenvalue weighted by Crippen LogP contribution is -2.35. The van der Waals surface area contributed by atoms with E-state index in [9.17, 15) is 9.59 Å². The minimum Gasteiger partial charge on any atom is -0.497 e. The van der Waals surface area contributed by atoms with Gasteiger partial charge in [-0.15, -0.1) is 0 Å². The number of hydrogen-bond donors (Lipinski definition) is 0. The first-order chi connectivity index (χ1) is 10.5. The Kier molecular flexibility index (Phi) is 3.81. The lowest BCUT2D eigenvalue weighted by Gasteiger charge is -2.24. The molecule has 2 aliphatic heterocycles. The molecule has 0 bridgehead atoms. The molecule has 3 rings (SSSR count). The molecule has 1 atom stereocenters. The zero-order valence-corrected chi connectivity index (χ0v) is 13.2. The molecule has 5 nitrogen and oxygen atoms in total. The van der Waals surface area contributed by atoms with Crippen LogP contribution < -0.4 is 4.74 Å². The van der Waals surface area contributed by atoms with Gasteiger partial charge < -0.3 is 14.5 Å². The Morgan fingerprint density at radius 2 is 1.64 bits per heavy atom. The van der Waals surface area contributed by atoms with E-state index >= 15 is 0 Å². The van der Waals surface area contributed by atoms with Crippen LogP contribution in [0, 0.1) is 5.41 Å². The van der Waals surface area contributed by atoms with E-state index in [1.54, 1.807) is 14.0 Å². The van der Waals surface area contributed by atoms with Crippen LogP contribution in [0.4, 0.5) is 0 Å². The minimum atomic E-state index is 0.0702. The number of carbonyl (C=O) groups excluding carboxylic acids is 2. The van der Waals surface area contributed by atoms with Crippen LogP contribution in [0.1, 0.15) is 30.1 Å². The summed E-state index contributed by atoms with van der Waals surface area (Å²) in [4.78, 5) is 27.9. The van der Waals surface area contributed by atoms with Crippen molar-refractivity contribution in [2.75, 3.05) is 33.3 Å². The molecule has 0 N–H and O–H groups in total. The molecule has 22 heavy (non-hydrogen) atoms. The van der Waals surface area contributed by atoms with Crippen LogP contribution in [-0.4, -0.2) is 54.9 Å². The molecule has 5 heteroatoms. The third kappa shape index (κ3) is 2.67. The lowest BCUT2D eigenvalue weighted by atomic mass is 9.86. The second-order valence-electron chi connectivity index (χ2n) is 6.40. The normalized spacial score (nSPS) is 24.1. The number of benzene rings is 1. The Morgan fingerprint density at radius 3 is 2.18 bits per heavy atom. The van der Waals surface area contributed by atoms with Gasteiger partial charge in [-0.1, -0.05) is 0 Å². The first-order valence-electron chi connectivity index (χ1n) is 7.72. The number of hydrogen-bond acceptors (Lipinski definition) is 3. The van der Waals surface area contributed by atoms with E-state index in [1.165, 1.54) is 0 Å². The van der Waals surface area contributed by atoms with E-state index in [2.05, 4.69) is 0 Å². The van der Waals surface area contributed by atoms with E-state index < -0.39 is 0 Å². The van der Waals surface area contributed by atoms with Crippen molar-refractivity contribution in [2.24, 2.45) is 5.41 Å². The number of amides is 2. The Hall–Kier alpha value is -2.04. The smallest absolute Gasteiger partial charge is 0.253 e. The van der Waals surface area contributed by atoms with Gasteiger partial charge in [0.15, 0.2) is 0 Å². The number of ether oxygens (including phenoxy) is 1. The number of carbonyl (C=O) groups is 2. The summed E-state index contributed by atoms with van der Waals surface area (Å²) in [6, 6.07) is 7.24. The molecule has 0 aliphatic carbocycles. The van der Waals surface area contributed by atoms with E-state index in [0.717, 1.165) is 44.8 Å². The van der Waals surface area contributed by atoms with Gasteiger partial charge in [-0.2, -0.15) is 0 Å². The highest BCUT2D eigenvalue weighted by atomic mass is 16.5. The SMILES string of the molecule is COc1ccc(C(=O)N2CC[C@@]3(CCN(C(C)=O)C3)C2)cc1. The Balaban J connectivity index is 1.67. The van der Waals surface area contributed by atoms with Crippen LogP contribution in [0.25, 0.3) is 0 Å². The summed E-state index contributed by atoms with van der Waals surface area (Å²) in [5.74, 6) is 0.958. The molecular formula is C17H22N2O3. The molecule has 2 saturated heterocycles. The van der Waals surface area contributed by atoms with Crippen molar-refractivity contribution in [3.63, 3.8) is 0 Å². The van der Waals surface area contributed by atoms with Gasteiger partial charge in [-0.05, 0) is 37.1 Å². The largest absolute Gasteiger partial charge is 0.497 e. The summed E-state index contributed by atoms with van der Waals surface area (Å²) in [6.45, 7) is 4.75. The van der Waals surface area contributed by atoms with Crippen LogP contribution in [0.2, 0.25) is 0 Å². The predicted molar refractivity (Wildman–Crippen MR) is 82.8 cm³/mol. The summed E-state index contributed by atoms with van der Waals surface area (Å²) in [7, 11) is 1.61. The van der Waals surface area contributed by atoms with Gasteiger partial charge >= 0.3 is 0 Å². The highest BCUT2D eigenvalue weighted by Gasteiger charge is 2.45. The maximum absolute atomic E-state index is 12.6. The summed E-state index contributed by atoms with van der Waals surface area (Å²) in [5.41, 5.74) is 0.799. The molecule has 2 fully saturated rings. The predicted octanol–water partition coefficient (Wildman–Crippen LogP) is 1.78. The Bertz CT molecular complexity index is 584. The fourth-order valence-corrected chi connectivity index (χ4v) is 3.56. The molecule has 1 aromatic carbocycles. The topological polar surface area (TPSA) is 49.9 Å². The molecule has 118 valence electrons. The number of methoxy groups -OCH3 is 1. The quantitative estimate of drug-likeness (QED) is 0.837. The molecule has 0 radical (unpaired) electrons. The Labute approximate surface area is 130 Å². The van der Waals surface area contributed by atoms with Crippen LogP contribution in [0.15, 0.2) is 24.3 Å². The molecule has 2 aliphatic rings. The molecule has 1 aromatic rings. The lowest BCUT2D eigenvalue weighted by molar-refractivity contribution is -0.128. The standard InChI is InChI=1S/C17H22N2O3/c1-13(20)18-9-7-17(11-18)8-10-19(12-17)16(21)14-3-5-15(22-2)6-4-14/h3-6H,7-12H2,1-2H3/t17-/m1/s1. The zero-order valence-electron chi connectivity index (χ0n) is 13.2. The molecule has 0 aromatic heterocycles. The van der Waals surface area contributed by atoms with Gasteiger partial charge in [-0.3, -0.25) is 9.59 Å². The number of likely N-dealkylation sites (tertiary alicyclic amines) is 2. The van der Waals surface area contributed by atoms with Gasteiger partial charge in [0, 0.05) is 44.1 Å². The summed E-state index contributed by atoms with van der Waals surface area (Å²) >= 11 is 0. The molecular weight excluding hydrogens is 280 g/mol. The maximum Gasteiger partial charge on any atom is 0.253 e. The molecule has 0 saturated carbocycles. The van der Waals surface area contributed by atoms with Crippen molar-refractivity contribution < 1.29 is 14.3 Å². The fraction of sp³-hybridized carbons (Fsp3) is 0.529. The van der Waals surface area contributed by atoms with E-state index in [4.69, 9.17) is 4.74 Å². The van der Waals surface area contributed by atoms with Crippen molar-refractivity contribution in [2.45, 2.75) is 19.8 Å². The second kappa shape index (κ2) is 5.63. The van der Waals surface area contributed by atoms with Gasteiger partial charge in [0.2, 0.25) is 5.91 Å². The fourth-order valence-electron chi connectivity index (χ4n) is 3.56. The third-order valence-corrected chi connectivity index (χ3v) is 4.95. The summed E-state index contributed by atoms with van der Waals surface area (Å²) in [6.07, 6.45) is 1.98. The maximum atomic E-state index is 12.6. The highest BCUT2D eigenvalue weighted by molar-refractivity contribution is 5.94. The average Bonchev–Trinajstić information content (AvgIpc) is 3.14. The average molecular weight is 302 g/mol. The van der Waals surface area contributed by atoms with Gasteiger partial charge in [0.05, 0.1) is 7.11 Å². The monoisotopic (exact) mass is 302 g/mol. The molecule has 2 heterocycles. The van der Waals surface area contributed by atoms with Crippen LogP contribution in [0.5, 0.6) is 5.75 Å². The van der Waals surface area contributed by atoms with E-state index in [-0.39, 0.29) is 17.2 Å². The van der Waals surface area contributed by atoms with Crippen molar-refractivity contribution in [3.05, 3.63) is 29.8 Å². The number of rotatable bonds is 2. The van der Waals surface area contributed by atoms with Crippen LogP contribution >= 0.6 is 0 Å². The highest BCUT2D eigenvalue weighted by Crippen LogP contribution is 2.39.